The number of carbonyl (C=O) groups is 2. The van der Waals surface area contributed by atoms with Gasteiger partial charge in [0.25, 0.3) is 0 Å². The topological polar surface area (TPSA) is 54.4 Å². The molecule has 4 saturated carbocycles. The molecule has 0 spiro atoms. The first-order valence-electron chi connectivity index (χ1n) is 11.3. The summed E-state index contributed by atoms with van der Waals surface area (Å²) in [5.41, 5.74) is -0.0423. The zero-order valence-corrected chi connectivity index (χ0v) is 17.4. The Morgan fingerprint density at radius 1 is 0.931 bits per heavy atom. The van der Waals surface area contributed by atoms with Crippen molar-refractivity contribution in [1.82, 2.24) is 0 Å². The fourth-order valence-corrected chi connectivity index (χ4v) is 8.15. The van der Waals surface area contributed by atoms with Crippen molar-refractivity contribution < 1.29 is 27.9 Å². The van der Waals surface area contributed by atoms with Crippen LogP contribution >= 0.6 is 0 Å². The Hall–Kier alpha value is -0.910. The molecule has 0 aromatic carbocycles. The number of fused-ring (bicyclic) bond motifs is 5. The van der Waals surface area contributed by atoms with Gasteiger partial charge >= 0.3 is 6.18 Å². The molecule has 0 bridgehead atoms. The van der Waals surface area contributed by atoms with E-state index < -0.39 is 30.1 Å². The number of hydrogen-bond acceptors (Lipinski definition) is 3. The molecule has 4 rings (SSSR count). The third-order valence-electron chi connectivity index (χ3n) is 9.68. The maximum absolute atomic E-state index is 12.7. The fraction of sp³-hybridized carbons (Fsp3) is 0.913. The van der Waals surface area contributed by atoms with Gasteiger partial charge in [-0.05, 0) is 92.3 Å². The van der Waals surface area contributed by atoms with E-state index in [1.54, 1.807) is 0 Å². The molecule has 164 valence electrons. The van der Waals surface area contributed by atoms with Crippen LogP contribution in [0.4, 0.5) is 13.2 Å². The average Bonchev–Trinajstić information content (AvgIpc) is 2.98. The van der Waals surface area contributed by atoms with E-state index in [9.17, 15) is 27.9 Å². The summed E-state index contributed by atoms with van der Waals surface area (Å²) in [5, 5.41) is 10.1. The lowest BCUT2D eigenvalue weighted by Crippen LogP contribution is -2.54. The summed E-state index contributed by atoms with van der Waals surface area (Å²) in [6, 6.07) is 0. The summed E-state index contributed by atoms with van der Waals surface area (Å²) in [4.78, 5) is 24.1. The van der Waals surface area contributed by atoms with Gasteiger partial charge in [0.2, 0.25) is 5.78 Å². The highest BCUT2D eigenvalue weighted by atomic mass is 19.4. The first kappa shape index (κ1) is 21.3. The van der Waals surface area contributed by atoms with Crippen molar-refractivity contribution in [1.29, 1.82) is 0 Å². The molecule has 0 heterocycles. The van der Waals surface area contributed by atoms with Gasteiger partial charge in [-0.1, -0.05) is 13.8 Å². The zero-order chi connectivity index (χ0) is 21.2. The van der Waals surface area contributed by atoms with Gasteiger partial charge in [-0.3, -0.25) is 9.59 Å². The largest absolute Gasteiger partial charge is 0.450 e. The lowest BCUT2D eigenvalue weighted by atomic mass is 9.44. The number of aliphatic hydroxyl groups is 1. The van der Waals surface area contributed by atoms with Gasteiger partial charge in [0.1, 0.15) is 5.78 Å². The number of halogens is 3. The molecule has 3 nitrogen and oxygen atoms in total. The summed E-state index contributed by atoms with van der Waals surface area (Å²) in [6.07, 6.45) is 2.27. The Kier molecular flexibility index (Phi) is 5.20. The lowest BCUT2D eigenvalue weighted by molar-refractivity contribution is -0.172. The quantitative estimate of drug-likeness (QED) is 0.654. The van der Waals surface area contributed by atoms with E-state index in [0.717, 1.165) is 51.4 Å². The maximum atomic E-state index is 12.7. The normalized spacial score (nSPS) is 47.1. The van der Waals surface area contributed by atoms with Crippen molar-refractivity contribution in [2.24, 2.45) is 40.4 Å². The third-order valence-corrected chi connectivity index (χ3v) is 9.68. The SMILES string of the molecule is CC12CCC(O)CC1CCC1C2CCC2(C)C(C(=O)CC(=O)C(F)(F)F)CCC12. The molecule has 0 aromatic heterocycles. The predicted octanol–water partition coefficient (Wildman–Crippen LogP) is 5.10. The van der Waals surface area contributed by atoms with Gasteiger partial charge < -0.3 is 5.11 Å². The highest BCUT2D eigenvalue weighted by Gasteiger charge is 2.61. The van der Waals surface area contributed by atoms with Crippen molar-refractivity contribution in [3.63, 3.8) is 0 Å². The monoisotopic (exact) mass is 414 g/mol. The smallest absolute Gasteiger partial charge is 0.393 e. The van der Waals surface area contributed by atoms with Crippen molar-refractivity contribution in [3.05, 3.63) is 0 Å². The van der Waals surface area contributed by atoms with E-state index in [1.165, 1.54) is 0 Å². The van der Waals surface area contributed by atoms with E-state index in [4.69, 9.17) is 0 Å². The molecule has 4 fully saturated rings. The van der Waals surface area contributed by atoms with Gasteiger partial charge in [0, 0.05) is 5.92 Å². The number of rotatable bonds is 3. The van der Waals surface area contributed by atoms with Gasteiger partial charge in [-0.25, -0.2) is 0 Å². The Morgan fingerprint density at radius 2 is 1.59 bits per heavy atom. The molecule has 0 radical (unpaired) electrons. The van der Waals surface area contributed by atoms with Gasteiger partial charge in [-0.15, -0.1) is 0 Å². The van der Waals surface area contributed by atoms with Crippen LogP contribution in [0.25, 0.3) is 0 Å². The van der Waals surface area contributed by atoms with E-state index in [2.05, 4.69) is 13.8 Å². The second-order valence-corrected chi connectivity index (χ2v) is 10.8. The summed E-state index contributed by atoms with van der Waals surface area (Å²) in [5.74, 6) is -0.813. The molecule has 0 saturated heterocycles. The molecule has 8 unspecified atom stereocenters. The van der Waals surface area contributed by atoms with Gasteiger partial charge in [0.05, 0.1) is 12.5 Å². The summed E-state index contributed by atoms with van der Waals surface area (Å²) < 4.78 is 38.0. The van der Waals surface area contributed by atoms with Gasteiger partial charge in [-0.2, -0.15) is 13.2 Å². The predicted molar refractivity (Wildman–Crippen MR) is 102 cm³/mol. The van der Waals surface area contributed by atoms with Crippen LogP contribution in [0, 0.1) is 40.4 Å². The lowest BCUT2D eigenvalue weighted by Gasteiger charge is -2.60. The van der Waals surface area contributed by atoms with E-state index in [0.29, 0.717) is 30.1 Å². The van der Waals surface area contributed by atoms with E-state index >= 15 is 0 Å². The minimum absolute atomic E-state index is 0.182. The maximum Gasteiger partial charge on any atom is 0.450 e. The Morgan fingerprint density at radius 3 is 2.28 bits per heavy atom. The van der Waals surface area contributed by atoms with Crippen LogP contribution < -0.4 is 0 Å². The molecule has 1 N–H and O–H groups in total. The Labute approximate surface area is 170 Å². The van der Waals surface area contributed by atoms with Crippen LogP contribution in [0.3, 0.4) is 0 Å². The van der Waals surface area contributed by atoms with Crippen LogP contribution in [-0.4, -0.2) is 29.0 Å². The van der Waals surface area contributed by atoms with Crippen molar-refractivity contribution in [2.75, 3.05) is 0 Å². The number of carbonyl (C=O) groups excluding carboxylic acids is 2. The minimum Gasteiger partial charge on any atom is -0.393 e. The summed E-state index contributed by atoms with van der Waals surface area (Å²) in [7, 11) is 0. The van der Waals surface area contributed by atoms with Crippen molar-refractivity contribution in [3.8, 4) is 0 Å². The number of Topliss-reactive ketones (excluding diaryl/α,β-unsaturated/α-hetero) is 2. The van der Waals surface area contributed by atoms with Crippen molar-refractivity contribution in [2.45, 2.75) is 90.3 Å². The molecular weight excluding hydrogens is 381 g/mol. The highest BCUT2D eigenvalue weighted by Crippen LogP contribution is 2.67. The van der Waals surface area contributed by atoms with Crippen LogP contribution in [0.2, 0.25) is 0 Å². The fourth-order valence-electron chi connectivity index (χ4n) is 8.15. The van der Waals surface area contributed by atoms with Crippen LogP contribution in [0.15, 0.2) is 0 Å². The number of aliphatic hydroxyl groups excluding tert-OH is 1. The van der Waals surface area contributed by atoms with Crippen LogP contribution in [0.1, 0.15) is 78.1 Å². The summed E-state index contributed by atoms with van der Waals surface area (Å²) >= 11 is 0. The number of ketones is 2. The average molecular weight is 415 g/mol. The third kappa shape index (κ3) is 3.37. The minimum atomic E-state index is -4.93. The van der Waals surface area contributed by atoms with E-state index in [1.807, 2.05) is 0 Å². The first-order chi connectivity index (χ1) is 13.5. The molecule has 8 atom stereocenters. The molecule has 0 aliphatic heterocycles. The van der Waals surface area contributed by atoms with E-state index in [-0.39, 0.29) is 16.9 Å². The second kappa shape index (κ2) is 7.06. The molecule has 6 heteroatoms. The van der Waals surface area contributed by atoms with Crippen LogP contribution in [0.5, 0.6) is 0 Å². The molecule has 4 aliphatic rings. The Balaban J connectivity index is 1.52. The Bertz CT molecular complexity index is 689. The standard InChI is InChI=1S/C23H33F3O3/c1-21-9-7-14(27)11-13(21)3-4-15-16-5-6-18(22(16,2)10-8-17(15)21)19(28)12-20(29)23(24,25)26/h13-18,27H,3-12H2,1-2H3. The molecule has 0 aromatic rings. The highest BCUT2D eigenvalue weighted by molar-refractivity contribution is 6.02. The molecule has 0 amide bonds. The number of hydrogen-bond donors (Lipinski definition) is 1. The molecular formula is C23H33F3O3. The molecule has 29 heavy (non-hydrogen) atoms. The molecule has 4 aliphatic carbocycles. The van der Waals surface area contributed by atoms with Crippen LogP contribution in [-0.2, 0) is 9.59 Å². The van der Waals surface area contributed by atoms with Crippen molar-refractivity contribution >= 4 is 11.6 Å². The summed E-state index contributed by atoms with van der Waals surface area (Å²) in [6.45, 7) is 4.49. The number of alkyl halides is 3. The van der Waals surface area contributed by atoms with Gasteiger partial charge in [0.15, 0.2) is 0 Å². The second-order valence-electron chi connectivity index (χ2n) is 10.8. The first-order valence-corrected chi connectivity index (χ1v) is 11.3. The zero-order valence-electron chi connectivity index (χ0n) is 17.4.